The molecule has 0 saturated heterocycles. The molecule has 2 nitrogen and oxygen atoms in total. The van der Waals surface area contributed by atoms with Crippen molar-refractivity contribution in [3.63, 3.8) is 0 Å². The van der Waals surface area contributed by atoms with Crippen LogP contribution in [0, 0.1) is 12.7 Å². The number of hydrogen-bond donors (Lipinski definition) is 0. The molecule has 2 aromatic rings. The van der Waals surface area contributed by atoms with Gasteiger partial charge in [0.15, 0.2) is 0 Å². The Morgan fingerprint density at radius 2 is 1.90 bits per heavy atom. The number of rotatable bonds is 4. The van der Waals surface area contributed by atoms with E-state index in [0.717, 1.165) is 11.1 Å². The minimum atomic E-state index is -0.276. The van der Waals surface area contributed by atoms with E-state index in [-0.39, 0.29) is 11.7 Å². The zero-order chi connectivity index (χ0) is 14.5. The number of halogens is 1. The molecule has 3 heteroatoms. The second-order valence-corrected chi connectivity index (χ2v) is 4.82. The highest BCUT2D eigenvalue weighted by atomic mass is 19.1. The fourth-order valence-corrected chi connectivity index (χ4v) is 2.14. The van der Waals surface area contributed by atoms with Crippen LogP contribution < -0.4 is 0 Å². The molecule has 2 aromatic carbocycles. The lowest BCUT2D eigenvalue weighted by Crippen LogP contribution is -2.30. The smallest absolute Gasteiger partial charge is 0.254 e. The van der Waals surface area contributed by atoms with Crippen LogP contribution in [0.2, 0.25) is 0 Å². The number of aryl methyl sites for hydroxylation is 1. The number of benzene rings is 2. The van der Waals surface area contributed by atoms with Gasteiger partial charge in [-0.1, -0.05) is 29.8 Å². The summed E-state index contributed by atoms with van der Waals surface area (Å²) in [7, 11) is 0. The average Bonchev–Trinajstić information content (AvgIpc) is 2.44. The van der Waals surface area contributed by atoms with E-state index < -0.39 is 0 Å². The number of carbonyl (C=O) groups is 1. The summed E-state index contributed by atoms with van der Waals surface area (Å²) >= 11 is 0. The van der Waals surface area contributed by atoms with Crippen molar-refractivity contribution in [2.24, 2.45) is 0 Å². The van der Waals surface area contributed by atoms with E-state index in [1.165, 1.54) is 12.1 Å². The van der Waals surface area contributed by atoms with Crippen molar-refractivity contribution in [1.29, 1.82) is 0 Å². The van der Waals surface area contributed by atoms with Crippen molar-refractivity contribution >= 4 is 5.91 Å². The van der Waals surface area contributed by atoms with E-state index in [1.54, 1.807) is 11.0 Å². The lowest BCUT2D eigenvalue weighted by Gasteiger charge is -2.21. The maximum absolute atomic E-state index is 13.2. The van der Waals surface area contributed by atoms with E-state index >= 15 is 0 Å². The zero-order valence-corrected chi connectivity index (χ0v) is 11.8. The minimum Gasteiger partial charge on any atom is -0.335 e. The number of amides is 1. The van der Waals surface area contributed by atoms with Crippen LogP contribution in [0.1, 0.15) is 28.4 Å². The number of carbonyl (C=O) groups excluding carboxylic acids is 1. The molecule has 0 atom stereocenters. The van der Waals surface area contributed by atoms with E-state index in [4.69, 9.17) is 0 Å². The van der Waals surface area contributed by atoms with Crippen molar-refractivity contribution in [2.75, 3.05) is 6.54 Å². The molecule has 0 bridgehead atoms. The van der Waals surface area contributed by atoms with Gasteiger partial charge in [0, 0.05) is 18.7 Å². The largest absolute Gasteiger partial charge is 0.335 e. The molecule has 1 amide bonds. The Morgan fingerprint density at radius 1 is 1.15 bits per heavy atom. The number of hydrogen-bond acceptors (Lipinski definition) is 1. The van der Waals surface area contributed by atoms with E-state index in [2.05, 4.69) is 0 Å². The molecule has 0 heterocycles. The van der Waals surface area contributed by atoms with Gasteiger partial charge in [0.2, 0.25) is 0 Å². The minimum absolute atomic E-state index is 0.0274. The molecular weight excluding hydrogens is 253 g/mol. The molecule has 20 heavy (non-hydrogen) atoms. The van der Waals surface area contributed by atoms with E-state index in [1.807, 2.05) is 44.2 Å². The second kappa shape index (κ2) is 6.33. The van der Waals surface area contributed by atoms with Gasteiger partial charge in [-0.15, -0.1) is 0 Å². The predicted molar refractivity (Wildman–Crippen MR) is 78.0 cm³/mol. The van der Waals surface area contributed by atoms with Crippen molar-refractivity contribution in [3.05, 3.63) is 71.0 Å². The topological polar surface area (TPSA) is 20.3 Å². The normalized spacial score (nSPS) is 10.3. The molecular formula is C17H18FNO. The monoisotopic (exact) mass is 271 g/mol. The summed E-state index contributed by atoms with van der Waals surface area (Å²) in [5.74, 6) is -0.304. The quantitative estimate of drug-likeness (QED) is 0.828. The van der Waals surface area contributed by atoms with Gasteiger partial charge in [0.1, 0.15) is 5.82 Å². The van der Waals surface area contributed by atoms with Crippen LogP contribution in [0.15, 0.2) is 48.5 Å². The summed E-state index contributed by atoms with van der Waals surface area (Å²) in [5.41, 5.74) is 2.52. The summed E-state index contributed by atoms with van der Waals surface area (Å²) in [5, 5.41) is 0. The zero-order valence-electron chi connectivity index (χ0n) is 11.8. The van der Waals surface area contributed by atoms with Gasteiger partial charge < -0.3 is 4.90 Å². The highest BCUT2D eigenvalue weighted by Crippen LogP contribution is 2.12. The first-order valence-electron chi connectivity index (χ1n) is 6.70. The molecule has 0 spiro atoms. The van der Waals surface area contributed by atoms with Crippen LogP contribution in [0.25, 0.3) is 0 Å². The number of nitrogens with zero attached hydrogens (tertiary/aromatic N) is 1. The predicted octanol–water partition coefficient (Wildman–Crippen LogP) is 3.80. The average molecular weight is 271 g/mol. The highest BCUT2D eigenvalue weighted by Gasteiger charge is 2.14. The third-order valence-electron chi connectivity index (χ3n) is 3.20. The van der Waals surface area contributed by atoms with Gasteiger partial charge in [-0.2, -0.15) is 0 Å². The molecule has 0 saturated carbocycles. The third-order valence-corrected chi connectivity index (χ3v) is 3.20. The van der Waals surface area contributed by atoms with Gasteiger partial charge in [0.25, 0.3) is 5.91 Å². The molecule has 0 N–H and O–H groups in total. The Hall–Kier alpha value is -2.16. The molecule has 104 valence electrons. The summed E-state index contributed by atoms with van der Waals surface area (Å²) in [6.45, 7) is 4.89. The van der Waals surface area contributed by atoms with Gasteiger partial charge in [0.05, 0.1) is 0 Å². The fourth-order valence-electron chi connectivity index (χ4n) is 2.14. The van der Waals surface area contributed by atoms with Crippen molar-refractivity contribution in [3.8, 4) is 0 Å². The summed E-state index contributed by atoms with van der Waals surface area (Å²) in [4.78, 5) is 14.2. The van der Waals surface area contributed by atoms with Crippen LogP contribution in [0.3, 0.4) is 0 Å². The molecule has 0 aliphatic carbocycles. The second-order valence-electron chi connectivity index (χ2n) is 4.82. The van der Waals surface area contributed by atoms with Crippen LogP contribution in [0.4, 0.5) is 4.39 Å². The van der Waals surface area contributed by atoms with E-state index in [0.29, 0.717) is 18.7 Å². The Labute approximate surface area is 118 Å². The maximum atomic E-state index is 13.2. The molecule has 0 radical (unpaired) electrons. The lowest BCUT2D eigenvalue weighted by molar-refractivity contribution is 0.0752. The third kappa shape index (κ3) is 3.44. The van der Waals surface area contributed by atoms with Crippen LogP contribution in [0.5, 0.6) is 0 Å². The first-order valence-corrected chi connectivity index (χ1v) is 6.70. The molecule has 0 unspecified atom stereocenters. The Morgan fingerprint density at radius 3 is 2.55 bits per heavy atom. The SMILES string of the molecule is CCN(Cc1cccc(F)c1)C(=O)c1cccc(C)c1. The maximum Gasteiger partial charge on any atom is 0.254 e. The van der Waals surface area contributed by atoms with E-state index in [9.17, 15) is 9.18 Å². The van der Waals surface area contributed by atoms with Gasteiger partial charge in [-0.05, 0) is 43.7 Å². The first kappa shape index (κ1) is 14.3. The summed E-state index contributed by atoms with van der Waals surface area (Å²) in [6.07, 6.45) is 0. The molecule has 0 aromatic heterocycles. The van der Waals surface area contributed by atoms with Crippen molar-refractivity contribution in [2.45, 2.75) is 20.4 Å². The van der Waals surface area contributed by atoms with Crippen molar-refractivity contribution < 1.29 is 9.18 Å². The molecule has 0 aliphatic heterocycles. The summed E-state index contributed by atoms with van der Waals surface area (Å²) < 4.78 is 13.2. The van der Waals surface area contributed by atoms with Crippen LogP contribution in [-0.2, 0) is 6.54 Å². The summed E-state index contributed by atoms with van der Waals surface area (Å²) in [6, 6.07) is 13.9. The Bertz CT molecular complexity index is 609. The lowest BCUT2D eigenvalue weighted by atomic mass is 10.1. The Balaban J connectivity index is 2.18. The van der Waals surface area contributed by atoms with Crippen LogP contribution >= 0.6 is 0 Å². The van der Waals surface area contributed by atoms with Crippen LogP contribution in [-0.4, -0.2) is 17.4 Å². The molecule has 2 rings (SSSR count). The Kier molecular flexibility index (Phi) is 4.51. The molecule has 0 aliphatic rings. The van der Waals surface area contributed by atoms with Gasteiger partial charge >= 0.3 is 0 Å². The fraction of sp³-hybridized carbons (Fsp3) is 0.235. The first-order chi connectivity index (χ1) is 9.60. The molecule has 0 fully saturated rings. The standard InChI is InChI=1S/C17H18FNO/c1-3-19(12-14-7-5-9-16(18)11-14)17(20)15-8-4-6-13(2)10-15/h4-11H,3,12H2,1-2H3. The highest BCUT2D eigenvalue weighted by molar-refractivity contribution is 5.94. The van der Waals surface area contributed by atoms with Crippen molar-refractivity contribution in [1.82, 2.24) is 4.90 Å². The van der Waals surface area contributed by atoms with Gasteiger partial charge in [-0.3, -0.25) is 4.79 Å². The van der Waals surface area contributed by atoms with Gasteiger partial charge in [-0.25, -0.2) is 4.39 Å².